The molecule has 0 aromatic heterocycles. The lowest BCUT2D eigenvalue weighted by atomic mass is 10.1. The number of nitrogens with one attached hydrogen (secondary N) is 5. The molecule has 0 unspecified atom stereocenters. The number of aliphatic hydroxyl groups excluding tert-OH is 1. The van der Waals surface area contributed by atoms with E-state index in [2.05, 4.69) is 21.3 Å². The van der Waals surface area contributed by atoms with Crippen LogP contribution in [0.5, 0.6) is 0 Å². The van der Waals surface area contributed by atoms with Crippen LogP contribution in [-0.4, -0.2) is 61.3 Å². The van der Waals surface area contributed by atoms with Gasteiger partial charge in [-0.05, 0) is 52.1 Å². The number of carbonyl (C=O) groups is 2. The molecule has 28 heavy (non-hydrogen) atoms. The van der Waals surface area contributed by atoms with Gasteiger partial charge in [-0.1, -0.05) is 12.8 Å². The lowest BCUT2D eigenvalue weighted by Gasteiger charge is -2.13. The molecule has 10 nitrogen and oxygen atoms in total. The van der Waals surface area contributed by atoms with E-state index in [1.807, 2.05) is 6.92 Å². The van der Waals surface area contributed by atoms with Crippen LogP contribution in [0.3, 0.4) is 0 Å². The molecule has 0 aliphatic carbocycles. The Labute approximate surface area is 168 Å². The first-order valence-corrected chi connectivity index (χ1v) is 10.1. The summed E-state index contributed by atoms with van der Waals surface area (Å²) in [7, 11) is 0. The molecule has 0 saturated carbocycles. The van der Waals surface area contributed by atoms with E-state index in [-0.39, 0.29) is 24.3 Å². The summed E-state index contributed by atoms with van der Waals surface area (Å²) in [5.74, 6) is -0.975. The molecule has 0 aliphatic heterocycles. The summed E-state index contributed by atoms with van der Waals surface area (Å²) in [6.07, 6.45) is 4.68. The molecule has 0 aromatic rings. The van der Waals surface area contributed by atoms with Crippen LogP contribution in [0.4, 0.5) is 0 Å². The number of carbonyl (C=O) groups excluding carboxylic acids is 2. The van der Waals surface area contributed by atoms with Crippen LogP contribution in [0, 0.1) is 5.41 Å². The highest BCUT2D eigenvalue weighted by molar-refractivity contribution is 5.86. The van der Waals surface area contributed by atoms with Crippen molar-refractivity contribution in [1.82, 2.24) is 21.3 Å². The largest absolute Gasteiger partial charge is 0.370 e. The van der Waals surface area contributed by atoms with Gasteiger partial charge in [0, 0.05) is 25.6 Å². The zero-order valence-corrected chi connectivity index (χ0v) is 17.1. The molecule has 0 bridgehead atoms. The molecule has 10 N–H and O–H groups in total. The van der Waals surface area contributed by atoms with E-state index in [1.54, 1.807) is 0 Å². The van der Waals surface area contributed by atoms with Gasteiger partial charge in [-0.25, -0.2) is 0 Å². The Kier molecular flexibility index (Phi) is 16.0. The van der Waals surface area contributed by atoms with Crippen molar-refractivity contribution >= 4 is 17.8 Å². The Morgan fingerprint density at radius 2 is 1.57 bits per heavy atom. The Balaban J connectivity index is 3.57. The number of nitrogens with two attached hydrogens (primary N) is 2. The van der Waals surface area contributed by atoms with Crippen molar-refractivity contribution in [2.24, 2.45) is 11.5 Å². The van der Waals surface area contributed by atoms with Gasteiger partial charge in [0.05, 0.1) is 0 Å². The van der Waals surface area contributed by atoms with E-state index < -0.39 is 12.1 Å². The predicted molar refractivity (Wildman–Crippen MR) is 111 cm³/mol. The number of aliphatic hydroxyl groups is 1. The van der Waals surface area contributed by atoms with Gasteiger partial charge < -0.3 is 37.8 Å². The van der Waals surface area contributed by atoms with E-state index in [1.165, 1.54) is 0 Å². The fraction of sp³-hybridized carbons (Fsp3) is 0.833. The first-order valence-electron chi connectivity index (χ1n) is 10.1. The maximum Gasteiger partial charge on any atom is 0.269 e. The number of rotatable bonds is 17. The monoisotopic (exact) mass is 401 g/mol. The third-order valence-electron chi connectivity index (χ3n) is 4.05. The molecule has 0 saturated heterocycles. The number of amides is 2. The molecular weight excluding hydrogens is 362 g/mol. The molecule has 0 fully saturated rings. The Morgan fingerprint density at radius 3 is 2.25 bits per heavy atom. The van der Waals surface area contributed by atoms with E-state index in [9.17, 15) is 14.7 Å². The highest BCUT2D eigenvalue weighted by atomic mass is 16.3. The topological polar surface area (TPSA) is 178 Å². The summed E-state index contributed by atoms with van der Waals surface area (Å²) in [6.45, 7) is 4.80. The second-order valence-electron chi connectivity index (χ2n) is 6.99. The lowest BCUT2D eigenvalue weighted by molar-refractivity contribution is -0.136. The normalized spacial score (nSPS) is 12.8. The van der Waals surface area contributed by atoms with Crippen LogP contribution in [0.1, 0.15) is 58.3 Å². The maximum atomic E-state index is 11.8. The minimum Gasteiger partial charge on any atom is -0.370 e. The van der Waals surface area contributed by atoms with Crippen molar-refractivity contribution in [2.45, 2.75) is 70.6 Å². The van der Waals surface area contributed by atoms with Crippen molar-refractivity contribution in [3.63, 3.8) is 0 Å². The van der Waals surface area contributed by atoms with Crippen molar-refractivity contribution in [3.8, 4) is 0 Å². The fourth-order valence-corrected chi connectivity index (χ4v) is 2.42. The van der Waals surface area contributed by atoms with Crippen LogP contribution in [0.25, 0.3) is 0 Å². The van der Waals surface area contributed by atoms with Gasteiger partial charge in [0.15, 0.2) is 5.96 Å². The van der Waals surface area contributed by atoms with E-state index in [0.717, 1.165) is 51.6 Å². The number of hydrogen-bond acceptors (Lipinski definition) is 6. The van der Waals surface area contributed by atoms with Gasteiger partial charge in [-0.15, -0.1) is 0 Å². The maximum absolute atomic E-state index is 11.8. The summed E-state index contributed by atoms with van der Waals surface area (Å²) in [6, 6.07) is 0.193. The predicted octanol–water partition coefficient (Wildman–Crippen LogP) is -0.922. The van der Waals surface area contributed by atoms with Crippen molar-refractivity contribution in [2.75, 3.05) is 26.2 Å². The van der Waals surface area contributed by atoms with Gasteiger partial charge >= 0.3 is 0 Å². The summed E-state index contributed by atoms with van der Waals surface area (Å²) in [5, 5.41) is 27.7. The lowest BCUT2D eigenvalue weighted by Crippen LogP contribution is -2.46. The minimum absolute atomic E-state index is 0.0412. The molecule has 2 amide bonds. The third kappa shape index (κ3) is 17.5. The number of unbranched alkanes of at least 4 members (excludes halogenated alkanes) is 4. The highest BCUT2D eigenvalue weighted by Crippen LogP contribution is 2.02. The van der Waals surface area contributed by atoms with Crippen molar-refractivity contribution < 1.29 is 14.7 Å². The summed E-state index contributed by atoms with van der Waals surface area (Å²) < 4.78 is 0. The molecule has 2 atom stereocenters. The summed E-state index contributed by atoms with van der Waals surface area (Å²) in [5.41, 5.74) is 10.8. The Morgan fingerprint density at radius 1 is 0.964 bits per heavy atom. The van der Waals surface area contributed by atoms with Gasteiger partial charge in [0.2, 0.25) is 12.1 Å². The average molecular weight is 402 g/mol. The van der Waals surface area contributed by atoms with Crippen LogP contribution >= 0.6 is 0 Å². The fourth-order valence-electron chi connectivity index (χ4n) is 2.42. The van der Waals surface area contributed by atoms with E-state index >= 15 is 0 Å². The molecule has 164 valence electrons. The standard InChI is InChI=1S/C18H39N7O3/c1-14(19)9-13-22-10-6-7-11-23-16(27)17(28)25-15(26)8-4-2-3-5-12-24-18(20)21/h14,17,22,28H,2-13,19H2,1H3,(H,23,27)(H,25,26)(H4,20,21,24)/t14-,17-/m0/s1. The van der Waals surface area contributed by atoms with Crippen molar-refractivity contribution in [1.29, 1.82) is 5.41 Å². The zero-order chi connectivity index (χ0) is 21.2. The molecule has 0 radical (unpaired) electrons. The molecule has 10 heteroatoms. The molecular formula is C18H39N7O3. The minimum atomic E-state index is -1.52. The number of hydrogen-bond donors (Lipinski definition) is 8. The average Bonchev–Trinajstić information content (AvgIpc) is 2.62. The first kappa shape index (κ1) is 26.1. The zero-order valence-electron chi connectivity index (χ0n) is 17.1. The smallest absolute Gasteiger partial charge is 0.269 e. The van der Waals surface area contributed by atoms with Gasteiger partial charge in [0.25, 0.3) is 5.91 Å². The summed E-state index contributed by atoms with van der Waals surface area (Å²) in [4.78, 5) is 23.5. The Bertz CT molecular complexity index is 447. The van der Waals surface area contributed by atoms with E-state index in [0.29, 0.717) is 19.5 Å². The third-order valence-corrected chi connectivity index (χ3v) is 4.05. The van der Waals surface area contributed by atoms with Gasteiger partial charge in [0.1, 0.15) is 0 Å². The second kappa shape index (κ2) is 17.2. The second-order valence-corrected chi connectivity index (χ2v) is 6.99. The first-order chi connectivity index (χ1) is 13.3. The molecule has 0 aromatic carbocycles. The van der Waals surface area contributed by atoms with Crippen LogP contribution in [0.15, 0.2) is 0 Å². The molecule has 0 rings (SSSR count). The van der Waals surface area contributed by atoms with E-state index in [4.69, 9.17) is 16.9 Å². The van der Waals surface area contributed by atoms with Crippen molar-refractivity contribution in [3.05, 3.63) is 0 Å². The van der Waals surface area contributed by atoms with Crippen LogP contribution < -0.4 is 32.7 Å². The van der Waals surface area contributed by atoms with Gasteiger partial charge in [-0.3, -0.25) is 15.0 Å². The molecule has 0 spiro atoms. The quantitative estimate of drug-likeness (QED) is 0.0671. The van der Waals surface area contributed by atoms with Crippen LogP contribution in [0.2, 0.25) is 0 Å². The SMILES string of the molecule is C[C@H](N)CCNCCCCNC(=O)[C@H](O)NC(=O)CCCCCCNC(=N)N. The number of guanidine groups is 1. The summed E-state index contributed by atoms with van der Waals surface area (Å²) >= 11 is 0. The molecule has 0 heterocycles. The van der Waals surface area contributed by atoms with Gasteiger partial charge in [-0.2, -0.15) is 0 Å². The molecule has 0 aliphatic rings. The van der Waals surface area contributed by atoms with Crippen LogP contribution in [-0.2, 0) is 9.59 Å². The highest BCUT2D eigenvalue weighted by Gasteiger charge is 2.16. The Hall–Kier alpha value is -1.91.